The third kappa shape index (κ3) is 5.01. The van der Waals surface area contributed by atoms with E-state index in [0.29, 0.717) is 22.3 Å². The van der Waals surface area contributed by atoms with Crippen molar-refractivity contribution < 1.29 is 13.2 Å². The van der Waals surface area contributed by atoms with Crippen molar-refractivity contribution in [2.24, 2.45) is 0 Å². The maximum absolute atomic E-state index is 13.7. The van der Waals surface area contributed by atoms with E-state index < -0.39 is 10.0 Å². The van der Waals surface area contributed by atoms with Gasteiger partial charge in [-0.2, -0.15) is 4.31 Å². The smallest absolute Gasteiger partial charge is 0.260 e. The number of benzene rings is 2. The lowest BCUT2D eigenvalue weighted by molar-refractivity contribution is 0.0985. The molecule has 186 valence electrons. The molecule has 1 atom stereocenters. The van der Waals surface area contributed by atoms with Crippen molar-refractivity contribution in [2.45, 2.75) is 43.7 Å². The number of amides is 1. The number of sulfonamides is 1. The molecule has 0 N–H and O–H groups in total. The molecule has 1 aliphatic rings. The van der Waals surface area contributed by atoms with Crippen molar-refractivity contribution in [3.05, 3.63) is 83.1 Å². The van der Waals surface area contributed by atoms with Crippen LogP contribution in [0.1, 0.15) is 42.1 Å². The predicted octanol–water partition coefficient (Wildman–Crippen LogP) is 5.75. The van der Waals surface area contributed by atoms with E-state index in [1.165, 1.54) is 23.5 Å². The van der Waals surface area contributed by atoms with Gasteiger partial charge in [0.15, 0.2) is 5.13 Å². The first kappa shape index (κ1) is 24.8. The molecule has 1 saturated heterocycles. The minimum absolute atomic E-state index is 0.0347. The van der Waals surface area contributed by atoms with Gasteiger partial charge in [0.25, 0.3) is 5.91 Å². The molecule has 1 aliphatic heterocycles. The summed E-state index contributed by atoms with van der Waals surface area (Å²) in [6.07, 6.45) is 6.13. The molecule has 1 unspecified atom stereocenters. The number of carbonyl (C=O) groups is 1. The van der Waals surface area contributed by atoms with Gasteiger partial charge in [0, 0.05) is 35.6 Å². The highest BCUT2D eigenvalue weighted by Gasteiger charge is 2.31. The Morgan fingerprint density at radius 2 is 1.97 bits per heavy atom. The van der Waals surface area contributed by atoms with Gasteiger partial charge < -0.3 is 0 Å². The molecule has 3 heterocycles. The topological polar surface area (TPSA) is 83.5 Å². The van der Waals surface area contributed by atoms with Crippen LogP contribution in [0.5, 0.6) is 0 Å². The Kier molecular flexibility index (Phi) is 7.07. The molecule has 10 heteroatoms. The summed E-state index contributed by atoms with van der Waals surface area (Å²) < 4.78 is 28.9. The molecule has 5 rings (SSSR count). The maximum atomic E-state index is 13.7. The molecule has 0 spiro atoms. The number of nitrogens with zero attached hydrogens (tertiary/aromatic N) is 4. The average molecular weight is 541 g/mol. The highest BCUT2D eigenvalue weighted by Crippen LogP contribution is 2.33. The molecule has 0 aliphatic carbocycles. The second-order valence-corrected chi connectivity index (χ2v) is 12.2. The summed E-state index contributed by atoms with van der Waals surface area (Å²) in [5, 5.41) is 1.13. The number of rotatable bonds is 6. The van der Waals surface area contributed by atoms with Crippen molar-refractivity contribution in [3.63, 3.8) is 0 Å². The van der Waals surface area contributed by atoms with Crippen molar-refractivity contribution >= 4 is 54.2 Å². The zero-order valence-electron chi connectivity index (χ0n) is 19.7. The van der Waals surface area contributed by atoms with E-state index in [2.05, 4.69) is 9.97 Å². The van der Waals surface area contributed by atoms with Gasteiger partial charge in [-0.25, -0.2) is 13.4 Å². The lowest BCUT2D eigenvalue weighted by atomic mass is 10.1. The minimum atomic E-state index is -3.62. The van der Waals surface area contributed by atoms with Crippen LogP contribution in [0, 0.1) is 0 Å². The van der Waals surface area contributed by atoms with Gasteiger partial charge in [0.1, 0.15) is 0 Å². The van der Waals surface area contributed by atoms with Gasteiger partial charge in [-0.05, 0) is 73.9 Å². The Bertz CT molecular complexity index is 1490. The quantitative estimate of drug-likeness (QED) is 0.311. The van der Waals surface area contributed by atoms with Crippen LogP contribution in [-0.2, 0) is 16.6 Å². The summed E-state index contributed by atoms with van der Waals surface area (Å²) in [7, 11) is -3.62. The molecule has 0 bridgehead atoms. The van der Waals surface area contributed by atoms with Gasteiger partial charge in [0.2, 0.25) is 10.0 Å². The molecule has 1 amide bonds. The molecule has 1 fully saturated rings. The number of carbonyl (C=O) groups excluding carboxylic acids is 1. The number of piperidine rings is 1. The van der Waals surface area contributed by atoms with Crippen LogP contribution in [0.15, 0.2) is 71.9 Å². The molecule has 0 radical (unpaired) electrons. The number of hydrogen-bond acceptors (Lipinski definition) is 6. The van der Waals surface area contributed by atoms with E-state index >= 15 is 0 Å². The van der Waals surface area contributed by atoms with Gasteiger partial charge >= 0.3 is 0 Å². The highest BCUT2D eigenvalue weighted by molar-refractivity contribution is 7.89. The SMILES string of the molecule is CC1CCCCN1S(=O)(=O)c1ccc(C(=O)N(Cc2cccnc2)c2nc3ccc(Cl)cc3s2)cc1. The Balaban J connectivity index is 1.47. The summed E-state index contributed by atoms with van der Waals surface area (Å²) in [6.45, 7) is 2.73. The van der Waals surface area contributed by atoms with E-state index in [0.717, 1.165) is 35.0 Å². The summed E-state index contributed by atoms with van der Waals surface area (Å²) >= 11 is 7.52. The van der Waals surface area contributed by atoms with Gasteiger partial charge in [-0.1, -0.05) is 35.4 Å². The third-order valence-corrected chi connectivity index (χ3v) is 9.63. The van der Waals surface area contributed by atoms with E-state index in [4.69, 9.17) is 11.6 Å². The fraction of sp³-hybridized carbons (Fsp3) is 0.269. The van der Waals surface area contributed by atoms with Crippen LogP contribution >= 0.6 is 22.9 Å². The number of fused-ring (bicyclic) bond motifs is 1. The second-order valence-electron chi connectivity index (χ2n) is 8.85. The average Bonchev–Trinajstić information content (AvgIpc) is 3.30. The minimum Gasteiger partial charge on any atom is -0.279 e. The summed E-state index contributed by atoms with van der Waals surface area (Å²) in [5.41, 5.74) is 1.98. The number of anilines is 1. The predicted molar refractivity (Wildman–Crippen MR) is 143 cm³/mol. The Labute approximate surface area is 219 Å². The van der Waals surface area contributed by atoms with Crippen LogP contribution < -0.4 is 4.90 Å². The number of halogens is 1. The van der Waals surface area contributed by atoms with E-state index in [-0.39, 0.29) is 23.4 Å². The van der Waals surface area contributed by atoms with Crippen LogP contribution in [0.25, 0.3) is 10.2 Å². The second kappa shape index (κ2) is 10.3. The van der Waals surface area contributed by atoms with Crippen molar-refractivity contribution in [3.8, 4) is 0 Å². The fourth-order valence-electron chi connectivity index (χ4n) is 4.39. The molecule has 7 nitrogen and oxygen atoms in total. The number of thiazole rings is 1. The Morgan fingerprint density at radius 1 is 1.17 bits per heavy atom. The van der Waals surface area contributed by atoms with Gasteiger partial charge in [0.05, 0.1) is 21.7 Å². The Hall–Kier alpha value is -2.85. The molecule has 0 saturated carbocycles. The first-order chi connectivity index (χ1) is 17.3. The van der Waals surface area contributed by atoms with Crippen molar-refractivity contribution in [1.29, 1.82) is 0 Å². The summed E-state index contributed by atoms with van der Waals surface area (Å²) in [6, 6.07) is 15.3. The molecule has 36 heavy (non-hydrogen) atoms. The van der Waals surface area contributed by atoms with Crippen LogP contribution in [0.4, 0.5) is 5.13 Å². The maximum Gasteiger partial charge on any atom is 0.260 e. The number of pyridine rings is 1. The first-order valence-electron chi connectivity index (χ1n) is 11.7. The zero-order valence-corrected chi connectivity index (χ0v) is 22.1. The normalized spacial score (nSPS) is 16.8. The van der Waals surface area contributed by atoms with Crippen molar-refractivity contribution in [2.75, 3.05) is 11.4 Å². The highest BCUT2D eigenvalue weighted by atomic mass is 35.5. The Morgan fingerprint density at radius 3 is 2.69 bits per heavy atom. The third-order valence-electron chi connectivity index (χ3n) is 6.33. The number of hydrogen-bond donors (Lipinski definition) is 0. The lowest BCUT2D eigenvalue weighted by Crippen LogP contribution is -2.41. The molecular formula is C26H25ClN4O3S2. The zero-order chi connectivity index (χ0) is 25.3. The largest absolute Gasteiger partial charge is 0.279 e. The molecule has 4 aromatic rings. The van der Waals surface area contributed by atoms with Crippen LogP contribution in [0.3, 0.4) is 0 Å². The van der Waals surface area contributed by atoms with Crippen LogP contribution in [0.2, 0.25) is 5.02 Å². The van der Waals surface area contributed by atoms with Crippen molar-refractivity contribution in [1.82, 2.24) is 14.3 Å². The fourth-order valence-corrected chi connectivity index (χ4v) is 7.33. The lowest BCUT2D eigenvalue weighted by Gasteiger charge is -2.32. The monoisotopic (exact) mass is 540 g/mol. The number of aromatic nitrogens is 2. The van der Waals surface area contributed by atoms with E-state index in [1.807, 2.05) is 31.2 Å². The summed E-state index contributed by atoms with van der Waals surface area (Å²) in [4.78, 5) is 24.3. The van der Waals surface area contributed by atoms with Gasteiger partial charge in [-0.15, -0.1) is 0 Å². The first-order valence-corrected chi connectivity index (χ1v) is 14.3. The van der Waals surface area contributed by atoms with Gasteiger partial charge in [-0.3, -0.25) is 14.7 Å². The summed E-state index contributed by atoms with van der Waals surface area (Å²) in [5.74, 6) is -0.278. The van der Waals surface area contributed by atoms with Crippen LogP contribution in [-0.4, -0.2) is 41.2 Å². The van der Waals surface area contributed by atoms with E-state index in [1.54, 1.807) is 39.8 Å². The van der Waals surface area contributed by atoms with E-state index in [9.17, 15) is 13.2 Å². The molecule has 2 aromatic carbocycles. The molecule has 2 aromatic heterocycles. The standard InChI is InChI=1S/C26H25ClN4O3S2/c1-18-5-2-3-14-31(18)36(33,34)22-10-7-20(8-11-22)25(32)30(17-19-6-4-13-28-16-19)26-29-23-12-9-21(27)15-24(23)35-26/h4,6-13,15-16,18H,2-3,5,14,17H2,1H3. The molecular weight excluding hydrogens is 516 g/mol.